The van der Waals surface area contributed by atoms with Crippen LogP contribution in [0.15, 0.2) is 42.2 Å². The molecule has 0 fully saturated rings. The number of benzene rings is 2. The van der Waals surface area contributed by atoms with E-state index in [2.05, 4.69) is 0 Å². The summed E-state index contributed by atoms with van der Waals surface area (Å²) in [5, 5.41) is 10.6. The zero-order valence-electron chi connectivity index (χ0n) is 17.2. The van der Waals surface area contributed by atoms with Crippen LogP contribution in [0.25, 0.3) is 16.7 Å². The fraction of sp³-hybridized carbons (Fsp3) is 0.304. The van der Waals surface area contributed by atoms with Gasteiger partial charge < -0.3 is 5.11 Å². The van der Waals surface area contributed by atoms with Gasteiger partial charge in [-0.05, 0) is 67.3 Å². The van der Waals surface area contributed by atoms with Gasteiger partial charge in [-0.25, -0.2) is 0 Å². The summed E-state index contributed by atoms with van der Waals surface area (Å²) in [5.41, 5.74) is -4.23. The molecule has 0 radical (unpaired) electrons. The number of hydrogen-bond acceptors (Lipinski definition) is 3. The maximum Gasteiger partial charge on any atom is 0.416 e. The molecule has 9 heteroatoms. The second kappa shape index (κ2) is 7.50. The van der Waals surface area contributed by atoms with Crippen molar-refractivity contribution in [2.45, 2.75) is 39.5 Å². The van der Waals surface area contributed by atoms with Crippen LogP contribution in [0.2, 0.25) is 0 Å². The molecule has 0 aliphatic heterocycles. The molecule has 2 aromatic rings. The van der Waals surface area contributed by atoms with Crippen molar-refractivity contribution in [3.05, 3.63) is 64.4 Å². The van der Waals surface area contributed by atoms with Crippen molar-refractivity contribution < 1.29 is 41.0 Å². The molecule has 0 unspecified atom stereocenters. The van der Waals surface area contributed by atoms with Crippen LogP contribution in [-0.2, 0) is 21.9 Å². The fourth-order valence-corrected chi connectivity index (χ4v) is 3.50. The summed E-state index contributed by atoms with van der Waals surface area (Å²) < 4.78 is 79.4. The van der Waals surface area contributed by atoms with Gasteiger partial charge >= 0.3 is 12.4 Å². The predicted octanol–water partition coefficient (Wildman–Crippen LogP) is 6.54. The first-order valence-corrected chi connectivity index (χ1v) is 9.44. The monoisotopic (exact) mass is 456 g/mol. The first-order valence-electron chi connectivity index (χ1n) is 9.44. The van der Waals surface area contributed by atoms with E-state index < -0.39 is 52.6 Å². The molecule has 1 N–H and O–H groups in total. The number of halogens is 6. The maximum atomic E-state index is 13.2. The van der Waals surface area contributed by atoms with Crippen LogP contribution in [-0.4, -0.2) is 16.7 Å². The van der Waals surface area contributed by atoms with E-state index in [0.717, 1.165) is 0 Å². The highest BCUT2D eigenvalue weighted by molar-refractivity contribution is 6.30. The number of aryl methyl sites for hydroxylation is 1. The summed E-state index contributed by atoms with van der Waals surface area (Å²) in [4.78, 5) is 24.7. The van der Waals surface area contributed by atoms with Crippen molar-refractivity contribution in [3.63, 3.8) is 0 Å². The van der Waals surface area contributed by atoms with Crippen LogP contribution in [0, 0.1) is 12.3 Å². The van der Waals surface area contributed by atoms with E-state index in [1.165, 1.54) is 32.0 Å². The van der Waals surface area contributed by atoms with Crippen molar-refractivity contribution in [2.24, 2.45) is 5.41 Å². The van der Waals surface area contributed by atoms with Crippen LogP contribution in [0.1, 0.15) is 42.5 Å². The van der Waals surface area contributed by atoms with Crippen LogP contribution < -0.4 is 0 Å². The lowest BCUT2D eigenvalue weighted by Gasteiger charge is -2.29. The quantitative estimate of drug-likeness (QED) is 0.413. The molecule has 0 saturated carbocycles. The number of aliphatic hydroxyl groups is 1. The van der Waals surface area contributed by atoms with E-state index in [-0.39, 0.29) is 28.3 Å². The number of aliphatic hydroxyl groups excluding tert-OH is 1. The van der Waals surface area contributed by atoms with Gasteiger partial charge in [-0.3, -0.25) is 9.59 Å². The van der Waals surface area contributed by atoms with Crippen molar-refractivity contribution in [1.82, 2.24) is 0 Å². The third-order valence-electron chi connectivity index (χ3n) is 5.55. The topological polar surface area (TPSA) is 54.4 Å². The molecule has 0 bridgehead atoms. The average Bonchev–Trinajstić information content (AvgIpc) is 2.66. The van der Waals surface area contributed by atoms with Gasteiger partial charge in [0.05, 0.1) is 28.5 Å². The molecular weight excluding hydrogens is 438 g/mol. The van der Waals surface area contributed by atoms with Crippen molar-refractivity contribution >= 4 is 17.1 Å². The molecule has 3 nitrogen and oxygen atoms in total. The van der Waals surface area contributed by atoms with E-state index in [1.54, 1.807) is 6.92 Å². The smallest absolute Gasteiger partial charge is 0.416 e. The molecular formula is C23H18F6O3. The summed E-state index contributed by atoms with van der Waals surface area (Å²) >= 11 is 0. The van der Waals surface area contributed by atoms with Gasteiger partial charge in [0.1, 0.15) is 5.76 Å². The molecule has 32 heavy (non-hydrogen) atoms. The molecule has 0 amide bonds. The molecule has 1 aliphatic carbocycles. The van der Waals surface area contributed by atoms with E-state index in [1.807, 2.05) is 0 Å². The lowest BCUT2D eigenvalue weighted by atomic mass is 9.73. The number of carbonyl (C=O) groups is 2. The van der Waals surface area contributed by atoms with E-state index in [4.69, 9.17) is 0 Å². The van der Waals surface area contributed by atoms with Crippen LogP contribution in [0.4, 0.5) is 26.3 Å². The predicted molar refractivity (Wildman–Crippen MR) is 105 cm³/mol. The van der Waals surface area contributed by atoms with Crippen molar-refractivity contribution in [3.8, 4) is 11.1 Å². The van der Waals surface area contributed by atoms with Crippen LogP contribution >= 0.6 is 0 Å². The summed E-state index contributed by atoms with van der Waals surface area (Å²) in [5.74, 6) is -1.66. The Balaban J connectivity index is 2.26. The van der Waals surface area contributed by atoms with Crippen molar-refractivity contribution in [2.75, 3.05) is 0 Å². The van der Waals surface area contributed by atoms with Gasteiger partial charge in [0.2, 0.25) is 0 Å². The van der Waals surface area contributed by atoms with Crippen LogP contribution in [0.5, 0.6) is 0 Å². The van der Waals surface area contributed by atoms with Gasteiger partial charge in [-0.15, -0.1) is 0 Å². The Bertz CT molecular complexity index is 1120. The zero-order chi connectivity index (χ0) is 24.2. The summed E-state index contributed by atoms with van der Waals surface area (Å²) in [6.07, 6.45) is -10.5. The number of alkyl halides is 6. The second-order valence-corrected chi connectivity index (χ2v) is 8.20. The number of carbonyl (C=O) groups excluding carboxylic acids is 2. The molecule has 2 aromatic carbocycles. The van der Waals surface area contributed by atoms with Gasteiger partial charge in [-0.1, -0.05) is 12.1 Å². The standard InChI is InChI=1S/C23H18F6O3/c1-11-4-5-12(8-16(11)19-17(30)10-18(31)21(2,3)20(19)32)13-6-14(22(24,25)26)9-15(7-13)23(27,28)29/h4-9,32H,10H2,1-3H3. The summed E-state index contributed by atoms with van der Waals surface area (Å²) in [7, 11) is 0. The van der Waals surface area contributed by atoms with Gasteiger partial charge in [0.15, 0.2) is 11.6 Å². The van der Waals surface area contributed by atoms with Crippen molar-refractivity contribution in [1.29, 1.82) is 0 Å². The minimum Gasteiger partial charge on any atom is -0.510 e. The Morgan fingerprint density at radius 2 is 1.38 bits per heavy atom. The number of hydrogen-bond donors (Lipinski definition) is 1. The minimum absolute atomic E-state index is 0.00925. The summed E-state index contributed by atoms with van der Waals surface area (Å²) in [6, 6.07) is 5.22. The van der Waals surface area contributed by atoms with Gasteiger partial charge in [0, 0.05) is 0 Å². The Kier molecular flexibility index (Phi) is 5.52. The first-order chi connectivity index (χ1) is 14.5. The lowest BCUT2D eigenvalue weighted by Crippen LogP contribution is -2.35. The molecule has 0 spiro atoms. The van der Waals surface area contributed by atoms with Gasteiger partial charge in [-0.2, -0.15) is 26.3 Å². The molecule has 1 aliphatic rings. The minimum atomic E-state index is -5.01. The molecule has 0 atom stereocenters. The lowest BCUT2D eigenvalue weighted by molar-refractivity contribution is -0.143. The molecule has 0 aromatic heterocycles. The zero-order valence-corrected chi connectivity index (χ0v) is 17.2. The van der Waals surface area contributed by atoms with Crippen LogP contribution in [0.3, 0.4) is 0 Å². The first kappa shape index (κ1) is 23.6. The Morgan fingerprint density at radius 1 is 0.844 bits per heavy atom. The Hall–Kier alpha value is -3.10. The highest BCUT2D eigenvalue weighted by Gasteiger charge is 2.42. The Morgan fingerprint density at radius 3 is 1.88 bits per heavy atom. The largest absolute Gasteiger partial charge is 0.510 e. The highest BCUT2D eigenvalue weighted by atomic mass is 19.4. The molecule has 3 rings (SSSR count). The number of rotatable bonds is 2. The maximum absolute atomic E-state index is 13.2. The average molecular weight is 456 g/mol. The SMILES string of the molecule is Cc1ccc(-c2cc(C(F)(F)F)cc(C(F)(F)F)c2)cc1C1=C(O)C(C)(C)C(=O)CC1=O. The normalized spacial score (nSPS) is 17.2. The van der Waals surface area contributed by atoms with Gasteiger partial charge in [0.25, 0.3) is 0 Å². The highest BCUT2D eigenvalue weighted by Crippen LogP contribution is 2.42. The molecule has 0 saturated heterocycles. The number of Topliss-reactive ketones (excluding diaryl/α,β-unsaturated/α-hetero) is 2. The summed E-state index contributed by atoms with van der Waals surface area (Å²) in [6.45, 7) is 4.43. The van der Waals surface area contributed by atoms with E-state index >= 15 is 0 Å². The van der Waals surface area contributed by atoms with E-state index in [9.17, 15) is 41.0 Å². The third-order valence-corrected chi connectivity index (χ3v) is 5.55. The van der Waals surface area contributed by atoms with E-state index in [0.29, 0.717) is 17.7 Å². The number of allylic oxidation sites excluding steroid dienone is 2. The fourth-order valence-electron chi connectivity index (χ4n) is 3.50. The number of ketones is 2. The third kappa shape index (κ3) is 4.16. The Labute approximate surface area is 179 Å². The second-order valence-electron chi connectivity index (χ2n) is 8.20. The molecule has 0 heterocycles. The molecule has 170 valence electrons.